The average molecular weight is 189 g/mol. The van der Waals surface area contributed by atoms with Crippen molar-refractivity contribution in [1.29, 1.82) is 0 Å². The third-order valence-electron chi connectivity index (χ3n) is 1.61. The summed E-state index contributed by atoms with van der Waals surface area (Å²) in [5, 5.41) is 0. The molecule has 3 heteroatoms. The fraction of sp³-hybridized carbons (Fsp3) is 0.900. The molecule has 2 atom stereocenters. The number of ether oxygens (including phenoxy) is 1. The van der Waals surface area contributed by atoms with Crippen LogP contribution < -0.4 is 5.73 Å². The van der Waals surface area contributed by atoms with Crippen molar-refractivity contribution in [2.75, 3.05) is 0 Å². The van der Waals surface area contributed by atoms with Gasteiger partial charge in [0.2, 0.25) is 0 Å². The van der Waals surface area contributed by atoms with Gasteiger partial charge in [0, 0.05) is 0 Å². The van der Waals surface area contributed by atoms with Gasteiger partial charge in [0.05, 0.1) is 0 Å². The molecule has 0 spiro atoms. The molecular weight excluding hydrogens is 166 g/mol. The first-order valence-corrected chi connectivity index (χ1v) is 4.91. The van der Waals surface area contributed by atoms with E-state index in [1.165, 1.54) is 0 Å². The Hall–Kier alpha value is -0.570. The van der Waals surface area contributed by atoms with Crippen LogP contribution in [-0.4, -0.2) is 18.1 Å². The second-order valence-electron chi connectivity index (χ2n) is 3.17. The smallest absolute Gasteiger partial charge is 0.322 e. The first kappa shape index (κ1) is 14.9. The van der Waals surface area contributed by atoms with Crippen molar-refractivity contribution in [3.05, 3.63) is 0 Å². The molecule has 0 saturated carbocycles. The summed E-state index contributed by atoms with van der Waals surface area (Å²) in [5.41, 5.74) is 5.31. The molecule has 0 rings (SSSR count). The molecule has 0 amide bonds. The molecule has 0 radical (unpaired) electrons. The van der Waals surface area contributed by atoms with Crippen LogP contribution in [0.5, 0.6) is 0 Å². The Bertz CT molecular complexity index is 133. The summed E-state index contributed by atoms with van der Waals surface area (Å²) in [6.07, 6.45) is -0.0477. The number of esters is 1. The lowest BCUT2D eigenvalue weighted by Gasteiger charge is -2.17. The third-order valence-corrected chi connectivity index (χ3v) is 1.61. The van der Waals surface area contributed by atoms with Crippen molar-refractivity contribution in [1.82, 2.24) is 0 Å². The van der Waals surface area contributed by atoms with E-state index in [-0.39, 0.29) is 12.1 Å². The molecule has 0 saturated heterocycles. The minimum Gasteiger partial charge on any atom is -0.461 e. The van der Waals surface area contributed by atoms with Gasteiger partial charge in [0.1, 0.15) is 12.1 Å². The van der Waals surface area contributed by atoms with E-state index in [2.05, 4.69) is 0 Å². The minimum absolute atomic E-state index is 0.0477. The number of rotatable bonds is 3. The second-order valence-corrected chi connectivity index (χ2v) is 3.17. The normalized spacial score (nSPS) is 14.2. The molecule has 0 aliphatic heterocycles. The maximum atomic E-state index is 10.9. The largest absolute Gasteiger partial charge is 0.461 e. The van der Waals surface area contributed by atoms with E-state index in [0.29, 0.717) is 5.92 Å². The molecule has 3 nitrogen and oxygen atoms in total. The monoisotopic (exact) mass is 189 g/mol. The van der Waals surface area contributed by atoms with Crippen LogP contribution in [0.1, 0.15) is 41.5 Å². The molecule has 0 aromatic heterocycles. The highest BCUT2D eigenvalue weighted by Gasteiger charge is 2.15. The van der Waals surface area contributed by atoms with E-state index < -0.39 is 6.04 Å². The van der Waals surface area contributed by atoms with Crippen LogP contribution in [0.3, 0.4) is 0 Å². The Morgan fingerprint density at radius 1 is 1.15 bits per heavy atom. The first-order valence-electron chi connectivity index (χ1n) is 4.91. The maximum Gasteiger partial charge on any atom is 0.322 e. The first-order chi connectivity index (χ1) is 5.95. The van der Waals surface area contributed by atoms with Crippen molar-refractivity contribution in [3.63, 3.8) is 0 Å². The Balaban J connectivity index is 0. The highest BCUT2D eigenvalue weighted by atomic mass is 16.5. The van der Waals surface area contributed by atoms with E-state index in [9.17, 15) is 4.79 Å². The zero-order chi connectivity index (χ0) is 11.0. The van der Waals surface area contributed by atoms with Gasteiger partial charge in [-0.05, 0) is 19.8 Å². The average Bonchev–Trinajstić information content (AvgIpc) is 2.07. The molecule has 2 N–H and O–H groups in total. The molecule has 0 heterocycles. The van der Waals surface area contributed by atoms with Gasteiger partial charge in [-0.3, -0.25) is 4.79 Å². The van der Waals surface area contributed by atoms with Crippen LogP contribution in [0.25, 0.3) is 0 Å². The van der Waals surface area contributed by atoms with E-state index >= 15 is 0 Å². The summed E-state index contributed by atoms with van der Waals surface area (Å²) < 4.78 is 5.01. The van der Waals surface area contributed by atoms with Crippen LogP contribution in [-0.2, 0) is 9.53 Å². The summed E-state index contributed by atoms with van der Waals surface area (Å²) in [7, 11) is 0. The van der Waals surface area contributed by atoms with Gasteiger partial charge >= 0.3 is 5.97 Å². The molecule has 0 aliphatic rings. The number of nitrogens with two attached hydrogens (primary N) is 1. The van der Waals surface area contributed by atoms with Gasteiger partial charge in [0.25, 0.3) is 0 Å². The van der Waals surface area contributed by atoms with E-state index in [1.807, 2.05) is 34.6 Å². The van der Waals surface area contributed by atoms with Crippen LogP contribution in [0.15, 0.2) is 0 Å². The van der Waals surface area contributed by atoms with Crippen molar-refractivity contribution >= 4 is 5.97 Å². The maximum absolute atomic E-state index is 10.9. The second kappa shape index (κ2) is 8.05. The van der Waals surface area contributed by atoms with E-state index in [1.54, 1.807) is 6.92 Å². The minimum atomic E-state index is -0.517. The van der Waals surface area contributed by atoms with Gasteiger partial charge in [-0.15, -0.1) is 0 Å². The van der Waals surface area contributed by atoms with E-state index in [0.717, 1.165) is 0 Å². The van der Waals surface area contributed by atoms with Crippen LogP contribution >= 0.6 is 0 Å². The molecule has 80 valence electrons. The van der Waals surface area contributed by atoms with Gasteiger partial charge in [0.15, 0.2) is 0 Å². The van der Waals surface area contributed by atoms with Crippen molar-refractivity contribution in [2.45, 2.75) is 53.7 Å². The summed E-state index contributed by atoms with van der Waals surface area (Å²) in [4.78, 5) is 10.9. The summed E-state index contributed by atoms with van der Waals surface area (Å²) >= 11 is 0. The number of carbonyl (C=O) groups is 1. The molecular formula is C10H23NO2. The van der Waals surface area contributed by atoms with Gasteiger partial charge in [-0.25, -0.2) is 0 Å². The van der Waals surface area contributed by atoms with Gasteiger partial charge in [-0.2, -0.15) is 0 Å². The Labute approximate surface area is 81.6 Å². The zero-order valence-electron chi connectivity index (χ0n) is 9.63. The SMILES string of the molecule is CC.CC(N)C(=O)OC(C)C(C)C. The fourth-order valence-electron chi connectivity index (χ4n) is 0.427. The Morgan fingerprint density at radius 3 is 1.77 bits per heavy atom. The van der Waals surface area contributed by atoms with Crippen LogP contribution in [0, 0.1) is 5.92 Å². The van der Waals surface area contributed by atoms with Crippen molar-refractivity contribution in [3.8, 4) is 0 Å². The Morgan fingerprint density at radius 2 is 1.54 bits per heavy atom. The van der Waals surface area contributed by atoms with Gasteiger partial charge < -0.3 is 10.5 Å². The molecule has 0 aromatic carbocycles. The predicted molar refractivity (Wildman–Crippen MR) is 55.4 cm³/mol. The molecule has 13 heavy (non-hydrogen) atoms. The highest BCUT2D eigenvalue weighted by Crippen LogP contribution is 2.05. The standard InChI is InChI=1S/C8H17NO2.C2H6/c1-5(2)7(4)11-8(10)6(3)9;1-2/h5-7H,9H2,1-4H3;1-2H3. The predicted octanol–water partition coefficient (Wildman–Crippen LogP) is 1.95. The van der Waals surface area contributed by atoms with E-state index in [4.69, 9.17) is 10.5 Å². The lowest BCUT2D eigenvalue weighted by Crippen LogP contribution is -2.32. The molecule has 0 aliphatic carbocycles. The highest BCUT2D eigenvalue weighted by molar-refractivity contribution is 5.75. The summed E-state index contributed by atoms with van der Waals surface area (Å²) in [6, 6.07) is -0.517. The fourth-order valence-corrected chi connectivity index (χ4v) is 0.427. The van der Waals surface area contributed by atoms with Crippen molar-refractivity contribution in [2.24, 2.45) is 11.7 Å². The van der Waals surface area contributed by atoms with Crippen LogP contribution in [0.4, 0.5) is 0 Å². The third kappa shape index (κ3) is 7.78. The van der Waals surface area contributed by atoms with Crippen molar-refractivity contribution < 1.29 is 9.53 Å². The van der Waals surface area contributed by atoms with Crippen LogP contribution in [0.2, 0.25) is 0 Å². The number of hydrogen-bond donors (Lipinski definition) is 1. The molecule has 0 fully saturated rings. The Kier molecular flexibility index (Phi) is 9.24. The quantitative estimate of drug-likeness (QED) is 0.690. The zero-order valence-corrected chi connectivity index (χ0v) is 9.63. The molecule has 0 aromatic rings. The summed E-state index contributed by atoms with van der Waals surface area (Å²) in [6.45, 7) is 11.5. The lowest BCUT2D eigenvalue weighted by atomic mass is 10.1. The topological polar surface area (TPSA) is 52.3 Å². The summed E-state index contributed by atoms with van der Waals surface area (Å²) in [5.74, 6) is 0.0175. The lowest BCUT2D eigenvalue weighted by molar-refractivity contribution is -0.151. The number of carbonyl (C=O) groups excluding carboxylic acids is 1. The molecule has 2 unspecified atom stereocenters. The van der Waals surface area contributed by atoms with Gasteiger partial charge in [-0.1, -0.05) is 27.7 Å². The molecule has 0 bridgehead atoms. The number of hydrogen-bond acceptors (Lipinski definition) is 3.